The van der Waals surface area contributed by atoms with E-state index >= 15 is 0 Å². The van der Waals surface area contributed by atoms with Crippen LogP contribution in [0.4, 0.5) is 0 Å². The van der Waals surface area contributed by atoms with E-state index in [1.54, 1.807) is 13.3 Å². The van der Waals surface area contributed by atoms with E-state index in [9.17, 15) is 4.79 Å². The van der Waals surface area contributed by atoms with Gasteiger partial charge in [-0.1, -0.05) is 17.7 Å². The zero-order valence-corrected chi connectivity index (χ0v) is 16.6. The molecule has 2 aromatic rings. The summed E-state index contributed by atoms with van der Waals surface area (Å²) in [6, 6.07) is 8.14. The molecule has 7 nitrogen and oxygen atoms in total. The summed E-state index contributed by atoms with van der Waals surface area (Å²) in [5.41, 5.74) is 8.45. The van der Waals surface area contributed by atoms with Crippen LogP contribution in [0.25, 0.3) is 11.5 Å². The molecule has 0 radical (unpaired) electrons. The molecule has 0 spiro atoms. The van der Waals surface area contributed by atoms with Crippen molar-refractivity contribution in [1.82, 2.24) is 15.2 Å². The number of nitrogens with zero attached hydrogens (tertiary/aromatic N) is 3. The monoisotopic (exact) mass is 383 g/mol. The number of carbonyl (C=O) groups excluding carboxylic acids is 1. The zero-order valence-electron chi connectivity index (χ0n) is 16.6. The van der Waals surface area contributed by atoms with Crippen LogP contribution in [0.1, 0.15) is 30.5 Å². The van der Waals surface area contributed by atoms with Crippen molar-refractivity contribution in [3.8, 4) is 11.5 Å². The Morgan fingerprint density at radius 3 is 2.89 bits per heavy atom. The molecule has 0 aliphatic carbocycles. The highest BCUT2D eigenvalue weighted by Crippen LogP contribution is 2.20. The number of hydrogen-bond donors (Lipinski definition) is 2. The highest BCUT2D eigenvalue weighted by molar-refractivity contribution is 5.80. The topological polar surface area (TPSA) is 96.8 Å². The van der Waals surface area contributed by atoms with Crippen molar-refractivity contribution in [3.63, 3.8) is 0 Å². The molecule has 150 valence electrons. The Kier molecular flexibility index (Phi) is 6.68. The molecule has 1 amide bonds. The van der Waals surface area contributed by atoms with Crippen LogP contribution in [0.2, 0.25) is 0 Å². The highest BCUT2D eigenvalue weighted by Gasteiger charge is 2.23. The Bertz CT molecular complexity index is 812. The minimum absolute atomic E-state index is 0.231. The second kappa shape index (κ2) is 9.39. The first-order valence-electron chi connectivity index (χ1n) is 9.80. The number of likely N-dealkylation sites (tertiary alicyclic amines) is 1. The van der Waals surface area contributed by atoms with E-state index in [0.29, 0.717) is 24.8 Å². The van der Waals surface area contributed by atoms with Crippen LogP contribution < -0.4 is 11.1 Å². The molecule has 0 saturated carbocycles. The summed E-state index contributed by atoms with van der Waals surface area (Å²) >= 11 is 0. The lowest BCUT2D eigenvalue weighted by Gasteiger charge is -2.34. The maximum Gasteiger partial charge on any atom is 0.226 e. The Morgan fingerprint density at radius 1 is 1.39 bits per heavy atom. The standard InChI is InChI=1S/C21H29N5O2/c1-15-5-7-17(8-6-15)20-25-18(14-28-20)9-10-24-21(23-2)26-11-3-4-16(13-26)12-19(22)27/h5-8,14,16H,3-4,9-13H2,1-2H3,(H2,22,27)(H,23,24). The molecule has 1 unspecified atom stereocenters. The van der Waals surface area contributed by atoms with Crippen LogP contribution in [-0.4, -0.2) is 48.4 Å². The van der Waals surface area contributed by atoms with E-state index in [2.05, 4.69) is 39.2 Å². The fraction of sp³-hybridized carbons (Fsp3) is 0.476. The van der Waals surface area contributed by atoms with Gasteiger partial charge in [0, 0.05) is 45.1 Å². The molecule has 1 fully saturated rings. The van der Waals surface area contributed by atoms with E-state index in [0.717, 1.165) is 49.6 Å². The van der Waals surface area contributed by atoms with Gasteiger partial charge in [-0.25, -0.2) is 4.98 Å². The third-order valence-corrected chi connectivity index (χ3v) is 5.03. The average molecular weight is 383 g/mol. The molecule has 1 aromatic carbocycles. The fourth-order valence-electron chi connectivity index (χ4n) is 3.59. The number of amides is 1. The molecule has 7 heteroatoms. The van der Waals surface area contributed by atoms with Crippen molar-refractivity contribution >= 4 is 11.9 Å². The summed E-state index contributed by atoms with van der Waals surface area (Å²) < 4.78 is 5.62. The van der Waals surface area contributed by atoms with Crippen molar-refractivity contribution in [2.24, 2.45) is 16.6 Å². The minimum atomic E-state index is -0.231. The van der Waals surface area contributed by atoms with Crippen molar-refractivity contribution in [3.05, 3.63) is 41.8 Å². The van der Waals surface area contributed by atoms with Gasteiger partial charge in [-0.2, -0.15) is 0 Å². The van der Waals surface area contributed by atoms with Crippen LogP contribution in [0.5, 0.6) is 0 Å². The molecule has 1 aliphatic heterocycles. The minimum Gasteiger partial charge on any atom is -0.444 e. The van der Waals surface area contributed by atoms with Crippen LogP contribution in [0.15, 0.2) is 39.9 Å². The van der Waals surface area contributed by atoms with Crippen molar-refractivity contribution < 1.29 is 9.21 Å². The lowest BCUT2D eigenvalue weighted by atomic mass is 9.95. The van der Waals surface area contributed by atoms with Gasteiger partial charge >= 0.3 is 0 Å². The summed E-state index contributed by atoms with van der Waals surface area (Å²) in [5, 5.41) is 3.40. The Hall–Kier alpha value is -2.83. The van der Waals surface area contributed by atoms with Gasteiger partial charge in [0.15, 0.2) is 5.96 Å². The molecule has 1 aliphatic rings. The molecule has 0 bridgehead atoms. The van der Waals surface area contributed by atoms with Gasteiger partial charge in [-0.15, -0.1) is 0 Å². The number of carbonyl (C=O) groups is 1. The fourth-order valence-corrected chi connectivity index (χ4v) is 3.59. The van der Waals surface area contributed by atoms with Gasteiger partial charge in [-0.05, 0) is 37.8 Å². The first-order valence-corrected chi connectivity index (χ1v) is 9.80. The molecule has 1 saturated heterocycles. The molecule has 2 heterocycles. The number of aromatic nitrogens is 1. The number of rotatable bonds is 6. The molecule has 3 rings (SSSR count). The van der Waals surface area contributed by atoms with Crippen molar-refractivity contribution in [2.75, 3.05) is 26.7 Å². The number of hydrogen-bond acceptors (Lipinski definition) is 4. The first kappa shape index (κ1) is 19.9. The SMILES string of the molecule is CN=C(NCCc1coc(-c2ccc(C)cc2)n1)N1CCCC(CC(N)=O)C1. The smallest absolute Gasteiger partial charge is 0.226 e. The largest absolute Gasteiger partial charge is 0.444 e. The molecule has 1 atom stereocenters. The first-order chi connectivity index (χ1) is 13.5. The predicted molar refractivity (Wildman–Crippen MR) is 110 cm³/mol. The second-order valence-corrected chi connectivity index (χ2v) is 7.36. The van der Waals surface area contributed by atoms with Gasteiger partial charge in [0.05, 0.1) is 5.69 Å². The summed E-state index contributed by atoms with van der Waals surface area (Å²) in [4.78, 5) is 22.4. The molecule has 3 N–H and O–H groups in total. The van der Waals surface area contributed by atoms with Crippen molar-refractivity contribution in [2.45, 2.75) is 32.6 Å². The Labute approximate surface area is 166 Å². The van der Waals surface area contributed by atoms with Gasteiger partial charge < -0.3 is 20.4 Å². The number of nitrogens with two attached hydrogens (primary N) is 1. The lowest BCUT2D eigenvalue weighted by molar-refractivity contribution is -0.119. The van der Waals surface area contributed by atoms with Crippen LogP contribution >= 0.6 is 0 Å². The van der Waals surface area contributed by atoms with Gasteiger partial charge in [-0.3, -0.25) is 9.79 Å². The Balaban J connectivity index is 1.51. The maximum atomic E-state index is 11.2. The summed E-state index contributed by atoms with van der Waals surface area (Å²) in [7, 11) is 1.78. The Morgan fingerprint density at radius 2 is 2.18 bits per heavy atom. The molecular formula is C21H29N5O2. The van der Waals surface area contributed by atoms with E-state index in [1.165, 1.54) is 5.56 Å². The molecule has 28 heavy (non-hydrogen) atoms. The van der Waals surface area contributed by atoms with E-state index in [1.807, 2.05) is 12.1 Å². The normalized spacial score (nSPS) is 17.6. The third kappa shape index (κ3) is 5.34. The van der Waals surface area contributed by atoms with Crippen LogP contribution in [0, 0.1) is 12.8 Å². The van der Waals surface area contributed by atoms with Crippen molar-refractivity contribution in [1.29, 1.82) is 0 Å². The number of benzene rings is 1. The third-order valence-electron chi connectivity index (χ3n) is 5.03. The molecule has 1 aromatic heterocycles. The predicted octanol–water partition coefficient (Wildman–Crippen LogP) is 2.36. The lowest BCUT2D eigenvalue weighted by Crippen LogP contribution is -2.47. The zero-order chi connectivity index (χ0) is 19.9. The summed E-state index contributed by atoms with van der Waals surface area (Å²) in [6.07, 6.45) is 4.98. The molecular weight excluding hydrogens is 354 g/mol. The van der Waals surface area contributed by atoms with E-state index < -0.39 is 0 Å². The number of guanidine groups is 1. The number of oxazole rings is 1. The summed E-state index contributed by atoms with van der Waals surface area (Å²) in [6.45, 7) is 4.52. The second-order valence-electron chi connectivity index (χ2n) is 7.36. The summed E-state index contributed by atoms with van der Waals surface area (Å²) in [5.74, 6) is 1.57. The van der Waals surface area contributed by atoms with Gasteiger partial charge in [0.1, 0.15) is 6.26 Å². The number of nitrogens with one attached hydrogen (secondary N) is 1. The van der Waals surface area contributed by atoms with Gasteiger partial charge in [0.25, 0.3) is 0 Å². The van der Waals surface area contributed by atoms with E-state index in [4.69, 9.17) is 10.2 Å². The van der Waals surface area contributed by atoms with E-state index in [-0.39, 0.29) is 5.91 Å². The van der Waals surface area contributed by atoms with Gasteiger partial charge in [0.2, 0.25) is 11.8 Å². The van der Waals surface area contributed by atoms with Crippen LogP contribution in [-0.2, 0) is 11.2 Å². The highest BCUT2D eigenvalue weighted by atomic mass is 16.3. The number of primary amides is 1. The maximum absolute atomic E-state index is 11.2. The number of aryl methyl sites for hydroxylation is 1. The number of piperidine rings is 1. The average Bonchev–Trinajstić information content (AvgIpc) is 3.14. The quantitative estimate of drug-likeness (QED) is 0.590. The number of aliphatic imine (C=N–C) groups is 1. The van der Waals surface area contributed by atoms with Crippen LogP contribution in [0.3, 0.4) is 0 Å².